The molecule has 0 aliphatic rings. The summed E-state index contributed by atoms with van der Waals surface area (Å²) in [5.41, 5.74) is 3.32. The Hall–Kier alpha value is -3.49. The minimum atomic E-state index is -0.206. The third-order valence-electron chi connectivity index (χ3n) is 4.72. The number of nitrogens with zero attached hydrogens (tertiary/aromatic N) is 3. The largest absolute Gasteiger partial charge is 0.360 e. The number of hydrogen-bond donors (Lipinski definition) is 1. The second-order valence-corrected chi connectivity index (χ2v) is 9.14. The molecule has 8 heteroatoms. The number of hydrogen-bond acceptors (Lipinski definition) is 7. The molecule has 1 amide bonds. The van der Waals surface area contributed by atoms with Crippen LogP contribution < -0.4 is 5.32 Å². The minimum absolute atomic E-state index is 0.206. The van der Waals surface area contributed by atoms with Crippen LogP contribution in [0, 0.1) is 6.92 Å². The Kier molecular flexibility index (Phi) is 5.70. The van der Waals surface area contributed by atoms with E-state index in [1.807, 2.05) is 55.5 Å². The molecule has 3 heterocycles. The van der Waals surface area contributed by atoms with Gasteiger partial charge in [0.05, 0.1) is 27.2 Å². The molecular weight excluding hydrogens is 440 g/mol. The van der Waals surface area contributed by atoms with Crippen LogP contribution in [0.1, 0.15) is 21.8 Å². The van der Waals surface area contributed by atoms with E-state index in [0.29, 0.717) is 17.1 Å². The number of carbonyl (C=O) groups excluding carboxylic acids is 1. The summed E-state index contributed by atoms with van der Waals surface area (Å²) in [5, 5.41) is 7.70. The summed E-state index contributed by atoms with van der Waals surface area (Å²) in [7, 11) is 0. The Labute approximate surface area is 192 Å². The van der Waals surface area contributed by atoms with Crippen molar-refractivity contribution in [3.63, 3.8) is 0 Å². The van der Waals surface area contributed by atoms with Crippen LogP contribution in [0.5, 0.6) is 0 Å². The Balaban J connectivity index is 1.29. The third-order valence-corrected chi connectivity index (χ3v) is 6.91. The van der Waals surface area contributed by atoms with Crippen LogP contribution in [-0.2, 0) is 5.75 Å². The maximum Gasteiger partial charge on any atom is 0.257 e. The van der Waals surface area contributed by atoms with Gasteiger partial charge in [-0.25, -0.2) is 9.97 Å². The lowest BCUT2D eigenvalue weighted by molar-refractivity contribution is 0.102. The predicted octanol–water partition coefficient (Wildman–Crippen LogP) is 6.20. The number of rotatable bonds is 6. The van der Waals surface area contributed by atoms with Crippen molar-refractivity contribution >= 4 is 45.0 Å². The molecule has 2 aromatic carbocycles. The zero-order valence-electron chi connectivity index (χ0n) is 17.1. The topological polar surface area (TPSA) is 80.9 Å². The van der Waals surface area contributed by atoms with Gasteiger partial charge in [-0.1, -0.05) is 29.4 Å². The van der Waals surface area contributed by atoms with E-state index in [1.54, 1.807) is 29.7 Å². The monoisotopic (exact) mass is 458 g/mol. The number of nitrogens with one attached hydrogen (secondary N) is 1. The van der Waals surface area contributed by atoms with Gasteiger partial charge in [-0.15, -0.1) is 23.1 Å². The van der Waals surface area contributed by atoms with Crippen LogP contribution in [0.15, 0.2) is 82.3 Å². The molecular formula is C24H18N4O2S2. The first-order chi connectivity index (χ1) is 15.7. The number of thioether (sulfide) groups is 1. The molecule has 0 saturated heterocycles. The van der Waals surface area contributed by atoms with Gasteiger partial charge >= 0.3 is 0 Å². The molecule has 0 unspecified atom stereocenters. The van der Waals surface area contributed by atoms with Crippen LogP contribution in [0.4, 0.5) is 5.82 Å². The summed E-state index contributed by atoms with van der Waals surface area (Å²) in [6, 6.07) is 21.1. The average molecular weight is 459 g/mol. The van der Waals surface area contributed by atoms with Gasteiger partial charge in [0, 0.05) is 22.7 Å². The van der Waals surface area contributed by atoms with Gasteiger partial charge in [0.25, 0.3) is 5.91 Å². The molecule has 0 saturated carbocycles. The molecule has 0 aliphatic carbocycles. The van der Waals surface area contributed by atoms with Gasteiger partial charge in [0.15, 0.2) is 0 Å². The number of aryl methyl sites for hydroxylation is 1. The molecule has 6 nitrogen and oxygen atoms in total. The fourth-order valence-corrected chi connectivity index (χ4v) is 5.07. The van der Waals surface area contributed by atoms with E-state index in [9.17, 15) is 4.79 Å². The number of fused-ring (bicyclic) bond motifs is 1. The molecule has 0 fully saturated rings. The van der Waals surface area contributed by atoms with Crippen molar-refractivity contribution in [2.45, 2.75) is 17.6 Å². The molecule has 0 bridgehead atoms. The highest BCUT2D eigenvalue weighted by Crippen LogP contribution is 2.30. The molecule has 0 spiro atoms. The molecule has 1 N–H and O–H groups in total. The van der Waals surface area contributed by atoms with Crippen LogP contribution in [0.2, 0.25) is 0 Å². The van der Waals surface area contributed by atoms with Crippen molar-refractivity contribution in [2.24, 2.45) is 0 Å². The summed E-state index contributed by atoms with van der Waals surface area (Å²) in [6.45, 7) is 1.88. The van der Waals surface area contributed by atoms with Gasteiger partial charge in [0.2, 0.25) is 0 Å². The molecule has 32 heavy (non-hydrogen) atoms. The van der Waals surface area contributed by atoms with Gasteiger partial charge < -0.3 is 9.84 Å². The van der Waals surface area contributed by atoms with Crippen molar-refractivity contribution in [2.75, 3.05) is 5.32 Å². The number of thiazole rings is 1. The number of aromatic nitrogens is 3. The van der Waals surface area contributed by atoms with E-state index < -0.39 is 0 Å². The highest BCUT2D eigenvalue weighted by atomic mass is 32.2. The fourth-order valence-electron chi connectivity index (χ4n) is 3.19. The second-order valence-electron chi connectivity index (χ2n) is 7.09. The Morgan fingerprint density at radius 3 is 2.72 bits per heavy atom. The Bertz CT molecular complexity index is 1360. The van der Waals surface area contributed by atoms with E-state index in [0.717, 1.165) is 37.1 Å². The minimum Gasteiger partial charge on any atom is -0.360 e. The summed E-state index contributed by atoms with van der Waals surface area (Å²) >= 11 is 3.15. The number of para-hydroxylation sites is 1. The third kappa shape index (κ3) is 4.42. The van der Waals surface area contributed by atoms with Crippen LogP contribution in [-0.4, -0.2) is 21.0 Å². The van der Waals surface area contributed by atoms with Gasteiger partial charge in [-0.3, -0.25) is 4.79 Å². The lowest BCUT2D eigenvalue weighted by atomic mass is 10.2. The maximum atomic E-state index is 12.9. The normalized spacial score (nSPS) is 11.0. The van der Waals surface area contributed by atoms with Gasteiger partial charge in [0.1, 0.15) is 16.6 Å². The molecule has 0 aliphatic heterocycles. The molecule has 5 aromatic rings. The second kappa shape index (κ2) is 8.94. The molecule has 0 radical (unpaired) electrons. The van der Waals surface area contributed by atoms with Crippen LogP contribution >= 0.6 is 23.1 Å². The standard InChI is InChI=1S/C24H18N4O2S2/c1-15-12-17(30-28-15)14-31-20-8-4-2-6-18(20)23(29)27-22-11-10-16(13-25-22)24-26-19-7-3-5-9-21(19)32-24/h2-13H,14H2,1H3,(H,25,27,29). The first kappa shape index (κ1) is 20.4. The molecule has 0 atom stereocenters. The lowest BCUT2D eigenvalue weighted by Gasteiger charge is -2.09. The van der Waals surface area contributed by atoms with E-state index in [4.69, 9.17) is 4.52 Å². The highest BCUT2D eigenvalue weighted by molar-refractivity contribution is 7.98. The highest BCUT2D eigenvalue weighted by Gasteiger charge is 2.14. The zero-order chi connectivity index (χ0) is 21.9. The smallest absolute Gasteiger partial charge is 0.257 e. The fraction of sp³-hybridized carbons (Fsp3) is 0.0833. The van der Waals surface area contributed by atoms with Crippen molar-refractivity contribution in [3.05, 3.63) is 89.9 Å². The number of carbonyl (C=O) groups is 1. The summed E-state index contributed by atoms with van der Waals surface area (Å²) < 4.78 is 6.40. The van der Waals surface area contributed by atoms with Gasteiger partial charge in [-0.05, 0) is 43.3 Å². The van der Waals surface area contributed by atoms with E-state index >= 15 is 0 Å². The van der Waals surface area contributed by atoms with Crippen molar-refractivity contribution in [1.82, 2.24) is 15.1 Å². The summed E-state index contributed by atoms with van der Waals surface area (Å²) in [4.78, 5) is 22.9. The predicted molar refractivity (Wildman–Crippen MR) is 128 cm³/mol. The van der Waals surface area contributed by atoms with E-state index in [-0.39, 0.29) is 5.91 Å². The Morgan fingerprint density at radius 2 is 1.94 bits per heavy atom. The Morgan fingerprint density at radius 1 is 1.09 bits per heavy atom. The number of amides is 1. The summed E-state index contributed by atoms with van der Waals surface area (Å²) in [6.07, 6.45) is 1.74. The van der Waals surface area contributed by atoms with E-state index in [2.05, 4.69) is 26.5 Å². The first-order valence-electron chi connectivity index (χ1n) is 9.93. The van der Waals surface area contributed by atoms with Gasteiger partial charge in [-0.2, -0.15) is 0 Å². The van der Waals surface area contributed by atoms with E-state index in [1.165, 1.54) is 11.8 Å². The molecule has 3 aromatic heterocycles. The number of pyridine rings is 1. The number of benzene rings is 2. The number of anilines is 1. The molecule has 158 valence electrons. The van der Waals surface area contributed by atoms with Crippen molar-refractivity contribution in [1.29, 1.82) is 0 Å². The summed E-state index contributed by atoms with van der Waals surface area (Å²) in [5.74, 6) is 1.66. The van der Waals surface area contributed by atoms with Crippen LogP contribution in [0.25, 0.3) is 20.8 Å². The van der Waals surface area contributed by atoms with Crippen LogP contribution in [0.3, 0.4) is 0 Å². The zero-order valence-corrected chi connectivity index (χ0v) is 18.7. The van der Waals surface area contributed by atoms with Crippen molar-refractivity contribution in [3.8, 4) is 10.6 Å². The quantitative estimate of drug-likeness (QED) is 0.305. The molecule has 5 rings (SSSR count). The first-order valence-corrected chi connectivity index (χ1v) is 11.7. The average Bonchev–Trinajstić information content (AvgIpc) is 3.44. The lowest BCUT2D eigenvalue weighted by Crippen LogP contribution is -2.13. The SMILES string of the molecule is Cc1cc(CSc2ccccc2C(=O)Nc2ccc(-c3nc4ccccc4s3)cn2)on1. The van der Waals surface area contributed by atoms with Crippen molar-refractivity contribution < 1.29 is 9.32 Å². The maximum absolute atomic E-state index is 12.9.